The topological polar surface area (TPSA) is 47.5 Å². The van der Waals surface area contributed by atoms with Crippen molar-refractivity contribution in [3.05, 3.63) is 0 Å². The van der Waals surface area contributed by atoms with Gasteiger partial charge in [-0.2, -0.15) is 0 Å². The van der Waals surface area contributed by atoms with Gasteiger partial charge in [0, 0.05) is 32.2 Å². The fourth-order valence-electron chi connectivity index (χ4n) is 4.41. The Morgan fingerprint density at radius 2 is 1.95 bits per heavy atom. The largest absolute Gasteiger partial charge is 0.389 e. The second-order valence-corrected chi connectivity index (χ2v) is 8.50. The Morgan fingerprint density at radius 1 is 1.24 bits per heavy atom. The molecule has 4 nitrogen and oxygen atoms in total. The molecule has 2 aliphatic heterocycles. The third-order valence-electron chi connectivity index (χ3n) is 5.67. The van der Waals surface area contributed by atoms with Gasteiger partial charge in [0.2, 0.25) is 0 Å². The van der Waals surface area contributed by atoms with E-state index in [0.29, 0.717) is 18.0 Å². The smallest absolute Gasteiger partial charge is 0.0715 e. The second kappa shape index (κ2) is 6.15. The standard InChI is InChI=1S/C17H33N3O/c1-16(2,21)11-19-15-3-6-17(7-4-15)12-20(13-17)10-14-5-8-18-9-14/h14-15,18-19,21H,3-13H2,1-2H3. The average molecular weight is 295 g/mol. The van der Waals surface area contributed by atoms with E-state index in [0.717, 1.165) is 5.92 Å². The van der Waals surface area contributed by atoms with Crippen LogP contribution in [-0.4, -0.2) is 60.9 Å². The van der Waals surface area contributed by atoms with E-state index in [1.807, 2.05) is 13.8 Å². The summed E-state index contributed by atoms with van der Waals surface area (Å²) in [6, 6.07) is 0.620. The molecule has 1 aliphatic carbocycles. The monoisotopic (exact) mass is 295 g/mol. The molecule has 21 heavy (non-hydrogen) atoms. The van der Waals surface area contributed by atoms with E-state index >= 15 is 0 Å². The Hall–Kier alpha value is -0.160. The summed E-state index contributed by atoms with van der Waals surface area (Å²) in [7, 11) is 0. The van der Waals surface area contributed by atoms with Crippen molar-refractivity contribution in [2.75, 3.05) is 39.3 Å². The molecule has 0 aromatic rings. The molecule has 2 saturated heterocycles. The summed E-state index contributed by atoms with van der Waals surface area (Å²) >= 11 is 0. The van der Waals surface area contributed by atoms with Crippen LogP contribution in [0.5, 0.6) is 0 Å². The van der Waals surface area contributed by atoms with Crippen LogP contribution in [0.25, 0.3) is 0 Å². The third kappa shape index (κ3) is 4.19. The molecule has 0 amide bonds. The Balaban J connectivity index is 1.35. The first-order valence-electron chi connectivity index (χ1n) is 8.83. The van der Waals surface area contributed by atoms with E-state index in [4.69, 9.17) is 0 Å². The summed E-state index contributed by atoms with van der Waals surface area (Å²) in [5.41, 5.74) is 0.0522. The number of aliphatic hydroxyl groups is 1. The first-order valence-corrected chi connectivity index (χ1v) is 8.83. The summed E-state index contributed by atoms with van der Waals surface area (Å²) in [5, 5.41) is 16.8. The van der Waals surface area contributed by atoms with Crippen molar-refractivity contribution in [2.24, 2.45) is 11.3 Å². The molecule has 3 rings (SSSR count). The lowest BCUT2D eigenvalue weighted by molar-refractivity contribution is -0.0413. The van der Waals surface area contributed by atoms with Crippen LogP contribution in [0.4, 0.5) is 0 Å². The van der Waals surface area contributed by atoms with Crippen LogP contribution in [0.3, 0.4) is 0 Å². The molecule has 4 heteroatoms. The Kier molecular flexibility index (Phi) is 4.60. The fourth-order valence-corrected chi connectivity index (χ4v) is 4.41. The molecule has 0 radical (unpaired) electrons. The van der Waals surface area contributed by atoms with Crippen molar-refractivity contribution in [3.63, 3.8) is 0 Å². The van der Waals surface area contributed by atoms with Crippen molar-refractivity contribution >= 4 is 0 Å². The highest BCUT2D eigenvalue weighted by molar-refractivity contribution is 4.99. The second-order valence-electron chi connectivity index (χ2n) is 8.50. The van der Waals surface area contributed by atoms with Crippen LogP contribution in [0.15, 0.2) is 0 Å². The lowest BCUT2D eigenvalue weighted by Gasteiger charge is -2.54. The molecule has 0 aromatic carbocycles. The molecule has 0 bridgehead atoms. The van der Waals surface area contributed by atoms with Gasteiger partial charge in [-0.05, 0) is 70.4 Å². The van der Waals surface area contributed by atoms with E-state index in [-0.39, 0.29) is 0 Å². The number of likely N-dealkylation sites (tertiary alicyclic amines) is 1. The minimum Gasteiger partial charge on any atom is -0.389 e. The van der Waals surface area contributed by atoms with Gasteiger partial charge in [-0.15, -0.1) is 0 Å². The van der Waals surface area contributed by atoms with E-state index in [2.05, 4.69) is 15.5 Å². The zero-order valence-electron chi connectivity index (χ0n) is 13.8. The van der Waals surface area contributed by atoms with Crippen LogP contribution in [0.1, 0.15) is 46.0 Å². The van der Waals surface area contributed by atoms with Crippen LogP contribution < -0.4 is 10.6 Å². The first-order chi connectivity index (χ1) is 9.94. The minimum atomic E-state index is -0.586. The molecule has 1 saturated carbocycles. The van der Waals surface area contributed by atoms with Crippen LogP contribution >= 0.6 is 0 Å². The molecule has 122 valence electrons. The summed E-state index contributed by atoms with van der Waals surface area (Å²) in [6.45, 7) is 10.9. The molecule has 3 N–H and O–H groups in total. The molecular formula is C17H33N3O. The normalized spacial score (nSPS) is 30.7. The highest BCUT2D eigenvalue weighted by Gasteiger charge is 2.45. The lowest BCUT2D eigenvalue weighted by atomic mass is 9.67. The molecule has 1 spiro atoms. The zero-order chi connectivity index (χ0) is 14.9. The number of nitrogens with zero attached hydrogens (tertiary/aromatic N) is 1. The summed E-state index contributed by atoms with van der Waals surface area (Å²) < 4.78 is 0. The van der Waals surface area contributed by atoms with Crippen molar-refractivity contribution in [1.29, 1.82) is 0 Å². The van der Waals surface area contributed by atoms with Gasteiger partial charge < -0.3 is 20.6 Å². The highest BCUT2D eigenvalue weighted by Crippen LogP contribution is 2.44. The van der Waals surface area contributed by atoms with Gasteiger partial charge in [0.1, 0.15) is 0 Å². The lowest BCUT2D eigenvalue weighted by Crippen LogP contribution is -2.59. The quantitative estimate of drug-likeness (QED) is 0.713. The molecule has 0 aromatic heterocycles. The van der Waals surface area contributed by atoms with Crippen molar-refractivity contribution in [2.45, 2.75) is 57.6 Å². The van der Waals surface area contributed by atoms with E-state index in [9.17, 15) is 5.11 Å². The maximum absolute atomic E-state index is 9.80. The molecule has 1 unspecified atom stereocenters. The number of rotatable bonds is 5. The third-order valence-corrected chi connectivity index (χ3v) is 5.67. The average Bonchev–Trinajstić information content (AvgIpc) is 2.88. The number of hydrogen-bond acceptors (Lipinski definition) is 4. The SMILES string of the molecule is CC(C)(O)CNC1CCC2(CC1)CN(CC1CCNC1)C2. The molecular weight excluding hydrogens is 262 g/mol. The van der Waals surface area contributed by atoms with Gasteiger partial charge in [-0.25, -0.2) is 0 Å². The maximum atomic E-state index is 9.80. The fraction of sp³-hybridized carbons (Fsp3) is 1.00. The van der Waals surface area contributed by atoms with Gasteiger partial charge >= 0.3 is 0 Å². The maximum Gasteiger partial charge on any atom is 0.0715 e. The van der Waals surface area contributed by atoms with Crippen LogP contribution in [0.2, 0.25) is 0 Å². The Morgan fingerprint density at radius 3 is 2.52 bits per heavy atom. The van der Waals surface area contributed by atoms with E-state index in [1.165, 1.54) is 64.8 Å². The van der Waals surface area contributed by atoms with Crippen molar-refractivity contribution < 1.29 is 5.11 Å². The predicted molar refractivity (Wildman–Crippen MR) is 86.4 cm³/mol. The van der Waals surface area contributed by atoms with Crippen LogP contribution in [0, 0.1) is 11.3 Å². The molecule has 1 atom stereocenters. The van der Waals surface area contributed by atoms with Crippen LogP contribution in [-0.2, 0) is 0 Å². The number of hydrogen-bond donors (Lipinski definition) is 3. The van der Waals surface area contributed by atoms with Gasteiger partial charge in [0.05, 0.1) is 5.60 Å². The van der Waals surface area contributed by atoms with Gasteiger partial charge in [-0.3, -0.25) is 0 Å². The predicted octanol–water partition coefficient (Wildman–Crippen LogP) is 1.20. The minimum absolute atomic E-state index is 0.586. The summed E-state index contributed by atoms with van der Waals surface area (Å²) in [6.07, 6.45) is 6.68. The number of nitrogens with one attached hydrogen (secondary N) is 2. The van der Waals surface area contributed by atoms with E-state index in [1.54, 1.807) is 0 Å². The van der Waals surface area contributed by atoms with Gasteiger partial charge in [-0.1, -0.05) is 0 Å². The molecule has 3 fully saturated rings. The highest BCUT2D eigenvalue weighted by atomic mass is 16.3. The Bertz CT molecular complexity index is 330. The zero-order valence-corrected chi connectivity index (χ0v) is 13.8. The van der Waals surface area contributed by atoms with Gasteiger partial charge in [0.25, 0.3) is 0 Å². The van der Waals surface area contributed by atoms with Crippen molar-refractivity contribution in [1.82, 2.24) is 15.5 Å². The summed E-state index contributed by atoms with van der Waals surface area (Å²) in [4.78, 5) is 2.68. The van der Waals surface area contributed by atoms with Gasteiger partial charge in [0.15, 0.2) is 0 Å². The summed E-state index contributed by atoms with van der Waals surface area (Å²) in [5.74, 6) is 0.896. The van der Waals surface area contributed by atoms with E-state index < -0.39 is 5.60 Å². The van der Waals surface area contributed by atoms with Crippen molar-refractivity contribution in [3.8, 4) is 0 Å². The first kappa shape index (κ1) is 15.7. The molecule has 2 heterocycles. The molecule has 3 aliphatic rings. The Labute approximate surface area is 129 Å².